The van der Waals surface area contributed by atoms with Gasteiger partial charge in [-0.2, -0.15) is 0 Å². The van der Waals surface area contributed by atoms with Crippen LogP contribution in [-0.4, -0.2) is 28.0 Å². The third kappa shape index (κ3) is 4.82. The van der Waals surface area contributed by atoms with Crippen molar-refractivity contribution in [2.45, 2.75) is 31.4 Å². The predicted octanol–water partition coefficient (Wildman–Crippen LogP) is 3.16. The van der Waals surface area contributed by atoms with E-state index in [2.05, 4.69) is 10.3 Å². The summed E-state index contributed by atoms with van der Waals surface area (Å²) in [5.41, 5.74) is 2.36. The molecule has 1 aliphatic rings. The number of ether oxygens (including phenoxy) is 1. The van der Waals surface area contributed by atoms with Crippen molar-refractivity contribution >= 4 is 22.9 Å². The fourth-order valence-corrected chi connectivity index (χ4v) is 3.32. The van der Waals surface area contributed by atoms with E-state index >= 15 is 0 Å². The number of imide groups is 1. The average molecular weight is 358 g/mol. The lowest BCUT2D eigenvalue weighted by molar-refractivity contribution is -0.118. The van der Waals surface area contributed by atoms with Gasteiger partial charge in [0.2, 0.25) is 5.91 Å². The fraction of sp³-hybridized carbons (Fsp3) is 0.316. The molecule has 1 saturated heterocycles. The lowest BCUT2D eigenvalue weighted by Crippen LogP contribution is -2.25. The van der Waals surface area contributed by atoms with Crippen molar-refractivity contribution < 1.29 is 17.1 Å². The first-order valence-electron chi connectivity index (χ1n) is 9.00. The van der Waals surface area contributed by atoms with Crippen LogP contribution in [0.2, 0.25) is 0 Å². The van der Waals surface area contributed by atoms with Gasteiger partial charge >= 0.3 is 0 Å². The Labute approximate surface area is 154 Å². The molecule has 1 aromatic heterocycles. The van der Waals surface area contributed by atoms with E-state index in [1.54, 1.807) is 12.3 Å². The Morgan fingerprint density at radius 1 is 1.20 bits per heavy atom. The number of hydrogen-bond acceptors (Lipinski definition) is 5. The Kier molecular flexibility index (Phi) is 4.88. The van der Waals surface area contributed by atoms with E-state index in [1.807, 2.05) is 30.3 Å². The summed E-state index contributed by atoms with van der Waals surface area (Å²) in [5.74, 6) is 0.486. The zero-order valence-electron chi connectivity index (χ0n) is 15.8. The highest BCUT2D eigenvalue weighted by molar-refractivity contribution is 8.15. The summed E-state index contributed by atoms with van der Waals surface area (Å²) < 4.78 is 21.0. The Bertz CT molecular complexity index is 820. The molecule has 1 fully saturated rings. The molecule has 1 aromatic carbocycles. The van der Waals surface area contributed by atoms with Gasteiger partial charge in [0.25, 0.3) is 5.24 Å². The fourth-order valence-electron chi connectivity index (χ4n) is 2.46. The second kappa shape index (κ2) is 8.16. The summed E-state index contributed by atoms with van der Waals surface area (Å²) in [4.78, 5) is 27.1. The summed E-state index contributed by atoms with van der Waals surface area (Å²) in [6.07, 6.45) is 1.29. The maximum absolute atomic E-state index is 11.6. The number of hydrogen-bond donors (Lipinski definition) is 1. The normalized spacial score (nSPS) is 18.5. The molecule has 6 heteroatoms. The maximum Gasteiger partial charge on any atom is 0.286 e. The number of pyridine rings is 1. The Balaban J connectivity index is 1.47. The molecule has 130 valence electrons. The monoisotopic (exact) mass is 358 g/mol. The largest absolute Gasteiger partial charge is 0.493 e. The van der Waals surface area contributed by atoms with E-state index in [0.717, 1.165) is 28.8 Å². The van der Waals surface area contributed by atoms with E-state index in [-0.39, 0.29) is 16.4 Å². The van der Waals surface area contributed by atoms with Crippen molar-refractivity contribution in [2.75, 3.05) is 6.61 Å². The van der Waals surface area contributed by atoms with Crippen molar-refractivity contribution in [3.05, 3.63) is 59.4 Å². The predicted molar refractivity (Wildman–Crippen MR) is 97.9 cm³/mol. The number of aromatic nitrogens is 1. The number of carbonyl (C=O) groups is 2. The number of amides is 2. The van der Waals surface area contributed by atoms with Crippen LogP contribution in [0.1, 0.15) is 26.5 Å². The van der Waals surface area contributed by atoms with Gasteiger partial charge in [-0.1, -0.05) is 36.9 Å². The van der Waals surface area contributed by atoms with Crippen molar-refractivity contribution in [3.63, 3.8) is 0 Å². The summed E-state index contributed by atoms with van der Waals surface area (Å²) in [7, 11) is 0. The first-order valence-corrected chi connectivity index (χ1v) is 8.88. The van der Waals surface area contributed by atoms with Crippen molar-refractivity contribution in [3.8, 4) is 5.75 Å². The van der Waals surface area contributed by atoms with Gasteiger partial charge in [-0.3, -0.25) is 19.9 Å². The molecule has 5 nitrogen and oxygen atoms in total. The molecule has 0 saturated carbocycles. The van der Waals surface area contributed by atoms with Gasteiger partial charge in [-0.05, 0) is 42.1 Å². The average Bonchev–Trinajstić information content (AvgIpc) is 2.93. The van der Waals surface area contributed by atoms with Gasteiger partial charge in [0, 0.05) is 21.1 Å². The number of nitrogens with one attached hydrogen (secondary N) is 1. The van der Waals surface area contributed by atoms with Gasteiger partial charge in [0.05, 0.1) is 11.9 Å². The van der Waals surface area contributed by atoms with Crippen LogP contribution in [0.5, 0.6) is 5.75 Å². The summed E-state index contributed by atoms with van der Waals surface area (Å²) >= 11 is 1.03. The molecule has 0 aliphatic carbocycles. The molecule has 2 amide bonds. The molecule has 0 bridgehead atoms. The first-order chi connectivity index (χ1) is 12.8. The van der Waals surface area contributed by atoms with Crippen LogP contribution < -0.4 is 10.1 Å². The van der Waals surface area contributed by atoms with Gasteiger partial charge in [0.15, 0.2) is 0 Å². The van der Waals surface area contributed by atoms with E-state index in [4.69, 9.17) is 7.48 Å². The highest BCUT2D eigenvalue weighted by atomic mass is 32.2. The van der Waals surface area contributed by atoms with E-state index < -0.39 is 6.37 Å². The second-order valence-electron chi connectivity index (χ2n) is 5.62. The number of benzene rings is 1. The molecule has 1 unspecified atom stereocenters. The molecule has 25 heavy (non-hydrogen) atoms. The summed E-state index contributed by atoms with van der Waals surface area (Å²) in [6.45, 7) is 1.96. The third-order valence-electron chi connectivity index (χ3n) is 3.85. The van der Waals surface area contributed by atoms with Crippen LogP contribution in [0.25, 0.3) is 0 Å². The SMILES string of the molecule is [2H]C([2H])(C)c1ccc(CCOc2ccc(CC3SC(=O)NC3=O)cc2)nc1. The van der Waals surface area contributed by atoms with Crippen LogP contribution in [0.4, 0.5) is 4.79 Å². The highest BCUT2D eigenvalue weighted by Crippen LogP contribution is 2.23. The standard InChI is InChI=1S/C19H20N2O3S/c1-2-13-3-6-15(20-12-13)9-10-24-16-7-4-14(5-8-16)11-17-18(22)21-19(23)25-17/h3-8,12,17H,2,9-11H2,1H3,(H,21,22,23)/i2D2. The van der Waals surface area contributed by atoms with Crippen molar-refractivity contribution in [2.24, 2.45) is 0 Å². The van der Waals surface area contributed by atoms with Gasteiger partial charge < -0.3 is 4.74 Å². The zero-order chi connectivity index (χ0) is 19.4. The van der Waals surface area contributed by atoms with E-state index in [1.165, 1.54) is 6.92 Å². The Morgan fingerprint density at radius 2 is 1.96 bits per heavy atom. The smallest absolute Gasteiger partial charge is 0.286 e. The molecule has 3 rings (SSSR count). The first kappa shape index (κ1) is 15.0. The topological polar surface area (TPSA) is 68.3 Å². The van der Waals surface area contributed by atoms with Crippen molar-refractivity contribution in [1.82, 2.24) is 10.3 Å². The molecule has 1 N–H and O–H groups in total. The number of aryl methyl sites for hydroxylation is 1. The second-order valence-corrected chi connectivity index (χ2v) is 6.79. The molecule has 2 aromatic rings. The number of carbonyl (C=O) groups excluding carboxylic acids is 2. The number of nitrogens with zero attached hydrogens (tertiary/aromatic N) is 1. The van der Waals surface area contributed by atoms with Gasteiger partial charge in [-0.15, -0.1) is 0 Å². The van der Waals surface area contributed by atoms with Crippen molar-refractivity contribution in [1.29, 1.82) is 0 Å². The molecular weight excluding hydrogens is 336 g/mol. The minimum atomic E-state index is -1.39. The quantitative estimate of drug-likeness (QED) is 0.823. The van der Waals surface area contributed by atoms with Crippen LogP contribution in [-0.2, 0) is 24.0 Å². The van der Waals surface area contributed by atoms with E-state index in [9.17, 15) is 9.59 Å². The van der Waals surface area contributed by atoms with Gasteiger partial charge in [0.1, 0.15) is 5.75 Å². The van der Waals surface area contributed by atoms with Crippen LogP contribution in [0.15, 0.2) is 42.6 Å². The minimum Gasteiger partial charge on any atom is -0.493 e. The lowest BCUT2D eigenvalue weighted by Gasteiger charge is -2.09. The minimum absolute atomic E-state index is 0.236. The lowest BCUT2D eigenvalue weighted by atomic mass is 10.1. The summed E-state index contributed by atoms with van der Waals surface area (Å²) in [5, 5.41) is 1.63. The maximum atomic E-state index is 11.6. The number of thioether (sulfide) groups is 1. The van der Waals surface area contributed by atoms with Gasteiger partial charge in [-0.25, -0.2) is 0 Å². The van der Waals surface area contributed by atoms with E-state index in [0.29, 0.717) is 25.0 Å². The van der Waals surface area contributed by atoms with Crippen LogP contribution in [0, 0.1) is 0 Å². The zero-order valence-corrected chi connectivity index (χ0v) is 14.6. The number of rotatable bonds is 7. The highest BCUT2D eigenvalue weighted by Gasteiger charge is 2.31. The van der Waals surface area contributed by atoms with Crippen LogP contribution in [0.3, 0.4) is 0 Å². The molecule has 2 heterocycles. The molecule has 1 aliphatic heterocycles. The Hall–Kier alpha value is -2.34. The third-order valence-corrected chi connectivity index (χ3v) is 4.83. The molecule has 0 spiro atoms. The van der Waals surface area contributed by atoms with Crippen LogP contribution >= 0.6 is 11.8 Å². The molecular formula is C19H20N2O3S. The molecule has 1 atom stereocenters. The Morgan fingerprint density at radius 3 is 2.56 bits per heavy atom. The molecule has 0 radical (unpaired) electrons. The summed E-state index contributed by atoms with van der Waals surface area (Å²) in [6, 6.07) is 11.0.